The van der Waals surface area contributed by atoms with Crippen molar-refractivity contribution in [2.45, 2.75) is 32.9 Å². The first kappa shape index (κ1) is 18.0. The van der Waals surface area contributed by atoms with Crippen molar-refractivity contribution in [2.24, 2.45) is 4.99 Å². The number of rotatable bonds is 7. The molecule has 2 rings (SSSR count). The molecule has 0 saturated carbocycles. The molecular formula is C20H27N3O. The molecule has 0 saturated heterocycles. The van der Waals surface area contributed by atoms with E-state index in [0.717, 1.165) is 18.1 Å². The van der Waals surface area contributed by atoms with E-state index in [1.807, 2.05) is 43.3 Å². The number of aryl methyl sites for hydroxylation is 1. The number of aliphatic hydroxyl groups is 1. The maximum absolute atomic E-state index is 10.2. The molecule has 0 aliphatic rings. The fourth-order valence-electron chi connectivity index (χ4n) is 2.50. The summed E-state index contributed by atoms with van der Waals surface area (Å²) in [7, 11) is 0. The molecule has 0 aliphatic heterocycles. The predicted octanol–water partition coefficient (Wildman–Crippen LogP) is 2.65. The van der Waals surface area contributed by atoms with Gasteiger partial charge in [0, 0.05) is 19.5 Å². The Labute approximate surface area is 144 Å². The molecule has 3 N–H and O–H groups in total. The number of hydrogen-bond donors (Lipinski definition) is 3. The van der Waals surface area contributed by atoms with Crippen LogP contribution in [0.1, 0.15) is 23.6 Å². The lowest BCUT2D eigenvalue weighted by atomic mass is 10.1. The van der Waals surface area contributed by atoms with Crippen LogP contribution in [0.5, 0.6) is 0 Å². The molecule has 0 aromatic heterocycles. The molecule has 0 aliphatic carbocycles. The number of nitrogens with one attached hydrogen (secondary N) is 2. The van der Waals surface area contributed by atoms with Crippen LogP contribution in [0.2, 0.25) is 0 Å². The average Bonchev–Trinajstić information content (AvgIpc) is 2.58. The van der Waals surface area contributed by atoms with Crippen LogP contribution in [0, 0.1) is 6.92 Å². The smallest absolute Gasteiger partial charge is 0.191 e. The topological polar surface area (TPSA) is 56.7 Å². The highest BCUT2D eigenvalue weighted by molar-refractivity contribution is 5.79. The summed E-state index contributed by atoms with van der Waals surface area (Å²) >= 11 is 0. The number of hydrogen-bond acceptors (Lipinski definition) is 2. The zero-order chi connectivity index (χ0) is 17.2. The number of aliphatic imine (C=N–C) groups is 1. The Hall–Kier alpha value is -2.33. The second kappa shape index (κ2) is 9.73. The highest BCUT2D eigenvalue weighted by Crippen LogP contribution is 2.05. The molecule has 0 amide bonds. The molecule has 128 valence electrons. The Morgan fingerprint density at radius 3 is 2.50 bits per heavy atom. The van der Waals surface area contributed by atoms with Crippen LogP contribution in [-0.4, -0.2) is 30.3 Å². The molecule has 0 spiro atoms. The summed E-state index contributed by atoms with van der Waals surface area (Å²) in [6, 6.07) is 18.4. The second-order valence-electron chi connectivity index (χ2n) is 5.91. The summed E-state index contributed by atoms with van der Waals surface area (Å²) < 4.78 is 0. The molecule has 0 radical (unpaired) electrons. The highest BCUT2D eigenvalue weighted by atomic mass is 16.3. The summed E-state index contributed by atoms with van der Waals surface area (Å²) in [5, 5.41) is 16.6. The third-order valence-corrected chi connectivity index (χ3v) is 3.67. The van der Waals surface area contributed by atoms with Gasteiger partial charge in [-0.1, -0.05) is 60.2 Å². The first-order valence-electron chi connectivity index (χ1n) is 8.47. The maximum atomic E-state index is 10.2. The van der Waals surface area contributed by atoms with E-state index < -0.39 is 6.10 Å². The zero-order valence-corrected chi connectivity index (χ0v) is 14.5. The summed E-state index contributed by atoms with van der Waals surface area (Å²) in [5.41, 5.74) is 3.55. The number of benzene rings is 2. The van der Waals surface area contributed by atoms with Gasteiger partial charge in [0.05, 0.1) is 12.6 Å². The van der Waals surface area contributed by atoms with Gasteiger partial charge in [-0.15, -0.1) is 0 Å². The van der Waals surface area contributed by atoms with E-state index in [2.05, 4.69) is 40.7 Å². The molecule has 24 heavy (non-hydrogen) atoms. The molecule has 2 aromatic rings. The van der Waals surface area contributed by atoms with Gasteiger partial charge in [0.2, 0.25) is 0 Å². The van der Waals surface area contributed by atoms with E-state index in [4.69, 9.17) is 0 Å². The standard InChI is InChI=1S/C20H27N3O/c1-3-21-20(22-14-18-11-7-8-16(2)12-18)23-15-19(24)13-17-9-5-4-6-10-17/h4-12,19,24H,3,13-15H2,1-2H3,(H2,21,22,23). The van der Waals surface area contributed by atoms with Crippen LogP contribution in [0.15, 0.2) is 59.6 Å². The minimum absolute atomic E-state index is 0.449. The molecule has 0 fully saturated rings. The first-order chi connectivity index (χ1) is 11.7. The van der Waals surface area contributed by atoms with Gasteiger partial charge in [-0.3, -0.25) is 0 Å². The SMILES string of the molecule is CCNC(=NCc1cccc(C)c1)NCC(O)Cc1ccccc1. The van der Waals surface area contributed by atoms with Crippen molar-refractivity contribution in [3.05, 3.63) is 71.3 Å². The number of aliphatic hydroxyl groups excluding tert-OH is 1. The van der Waals surface area contributed by atoms with Crippen LogP contribution in [0.3, 0.4) is 0 Å². The van der Waals surface area contributed by atoms with Gasteiger partial charge >= 0.3 is 0 Å². The molecule has 1 unspecified atom stereocenters. The molecule has 0 bridgehead atoms. The highest BCUT2D eigenvalue weighted by Gasteiger charge is 2.06. The molecule has 2 aromatic carbocycles. The van der Waals surface area contributed by atoms with Crippen molar-refractivity contribution >= 4 is 5.96 Å². The van der Waals surface area contributed by atoms with E-state index in [1.54, 1.807) is 0 Å². The molecule has 1 atom stereocenters. The summed E-state index contributed by atoms with van der Waals surface area (Å²) in [6.45, 7) is 5.98. The van der Waals surface area contributed by atoms with Gasteiger partial charge in [-0.25, -0.2) is 4.99 Å². The summed E-state index contributed by atoms with van der Waals surface area (Å²) in [6.07, 6.45) is 0.181. The van der Waals surface area contributed by atoms with Crippen LogP contribution >= 0.6 is 0 Å². The van der Waals surface area contributed by atoms with Gasteiger partial charge < -0.3 is 15.7 Å². The largest absolute Gasteiger partial charge is 0.391 e. The summed E-state index contributed by atoms with van der Waals surface area (Å²) in [5.74, 6) is 0.728. The Balaban J connectivity index is 1.87. The van der Waals surface area contributed by atoms with Crippen molar-refractivity contribution in [1.82, 2.24) is 10.6 Å². The molecular weight excluding hydrogens is 298 g/mol. The average molecular weight is 325 g/mol. The molecule has 0 heterocycles. The Bertz CT molecular complexity index is 640. The number of guanidine groups is 1. The van der Waals surface area contributed by atoms with Crippen LogP contribution in [-0.2, 0) is 13.0 Å². The van der Waals surface area contributed by atoms with Crippen molar-refractivity contribution in [2.75, 3.05) is 13.1 Å². The molecule has 4 heteroatoms. The minimum atomic E-state index is -0.449. The number of nitrogens with zero attached hydrogens (tertiary/aromatic N) is 1. The van der Waals surface area contributed by atoms with Crippen molar-refractivity contribution in [3.63, 3.8) is 0 Å². The minimum Gasteiger partial charge on any atom is -0.391 e. The van der Waals surface area contributed by atoms with E-state index in [0.29, 0.717) is 19.5 Å². The van der Waals surface area contributed by atoms with E-state index in [-0.39, 0.29) is 0 Å². The van der Waals surface area contributed by atoms with Crippen LogP contribution in [0.25, 0.3) is 0 Å². The van der Waals surface area contributed by atoms with Crippen LogP contribution < -0.4 is 10.6 Å². The van der Waals surface area contributed by atoms with E-state index >= 15 is 0 Å². The van der Waals surface area contributed by atoms with Crippen molar-refractivity contribution in [1.29, 1.82) is 0 Å². The van der Waals surface area contributed by atoms with E-state index in [1.165, 1.54) is 11.1 Å². The van der Waals surface area contributed by atoms with Gasteiger partial charge in [-0.05, 0) is 25.0 Å². The van der Waals surface area contributed by atoms with Gasteiger partial charge in [0.25, 0.3) is 0 Å². The van der Waals surface area contributed by atoms with Gasteiger partial charge in [-0.2, -0.15) is 0 Å². The lowest BCUT2D eigenvalue weighted by molar-refractivity contribution is 0.177. The zero-order valence-electron chi connectivity index (χ0n) is 14.5. The Morgan fingerprint density at radius 2 is 1.79 bits per heavy atom. The maximum Gasteiger partial charge on any atom is 0.191 e. The molecule has 4 nitrogen and oxygen atoms in total. The Kier molecular flexibility index (Phi) is 7.30. The van der Waals surface area contributed by atoms with E-state index in [9.17, 15) is 5.11 Å². The van der Waals surface area contributed by atoms with Crippen molar-refractivity contribution < 1.29 is 5.11 Å². The fraction of sp³-hybridized carbons (Fsp3) is 0.350. The van der Waals surface area contributed by atoms with Gasteiger partial charge in [0.1, 0.15) is 0 Å². The third kappa shape index (κ3) is 6.42. The fourth-order valence-corrected chi connectivity index (χ4v) is 2.50. The van der Waals surface area contributed by atoms with Crippen LogP contribution in [0.4, 0.5) is 0 Å². The Morgan fingerprint density at radius 1 is 1.04 bits per heavy atom. The predicted molar refractivity (Wildman–Crippen MR) is 100 cm³/mol. The normalized spacial score (nSPS) is 12.7. The van der Waals surface area contributed by atoms with Gasteiger partial charge in [0.15, 0.2) is 5.96 Å². The van der Waals surface area contributed by atoms with Crippen molar-refractivity contribution in [3.8, 4) is 0 Å². The summed E-state index contributed by atoms with van der Waals surface area (Å²) in [4.78, 5) is 4.59. The third-order valence-electron chi connectivity index (χ3n) is 3.67. The monoisotopic (exact) mass is 325 g/mol. The quantitative estimate of drug-likeness (QED) is 0.542. The second-order valence-corrected chi connectivity index (χ2v) is 5.91. The lowest BCUT2D eigenvalue weighted by Crippen LogP contribution is -2.41. The lowest BCUT2D eigenvalue weighted by Gasteiger charge is -2.15. The first-order valence-corrected chi connectivity index (χ1v) is 8.47.